The van der Waals surface area contributed by atoms with Crippen LogP contribution in [0.25, 0.3) is 0 Å². The highest BCUT2D eigenvalue weighted by molar-refractivity contribution is 7.89. The normalized spacial score (nSPS) is 21.8. The molecule has 1 fully saturated rings. The van der Waals surface area contributed by atoms with Gasteiger partial charge in [-0.3, -0.25) is 0 Å². The number of anilines is 2. The number of alkyl halides is 1. The lowest BCUT2D eigenvalue weighted by Gasteiger charge is -2.44. The number of rotatable bonds is 6. The monoisotopic (exact) mass is 484 g/mol. The Morgan fingerprint density at radius 3 is 2.21 bits per heavy atom. The minimum absolute atomic E-state index is 0.0232. The molecule has 7 nitrogen and oxygen atoms in total. The average molecular weight is 485 g/mol. The molecule has 5 rings (SSSR count). The molecule has 0 spiro atoms. The Labute approximate surface area is 197 Å². The SMILES string of the molecule is O=S(=O)(NC1CCCC(N2c3ccccc3Oc3ccccc32)C1O)c1ccc(OCF)cc1. The van der Waals surface area contributed by atoms with Crippen molar-refractivity contribution in [2.45, 2.75) is 42.3 Å². The number of para-hydroxylation sites is 4. The van der Waals surface area contributed by atoms with Crippen molar-refractivity contribution in [1.29, 1.82) is 0 Å². The summed E-state index contributed by atoms with van der Waals surface area (Å²) in [6, 6.07) is 19.7. The Bertz CT molecular complexity index is 1220. The number of sulfonamides is 1. The molecule has 1 aliphatic heterocycles. The largest absolute Gasteiger partial charge is 0.463 e. The molecular weight excluding hydrogens is 459 g/mol. The van der Waals surface area contributed by atoms with E-state index in [2.05, 4.69) is 9.62 Å². The van der Waals surface area contributed by atoms with Crippen molar-refractivity contribution >= 4 is 21.4 Å². The van der Waals surface area contributed by atoms with Gasteiger partial charge in [0.05, 0.1) is 34.5 Å². The minimum atomic E-state index is -3.90. The third-order valence-corrected chi connectivity index (χ3v) is 7.79. The maximum Gasteiger partial charge on any atom is 0.240 e. The lowest BCUT2D eigenvalue weighted by Crippen LogP contribution is -2.56. The zero-order valence-corrected chi connectivity index (χ0v) is 19.1. The van der Waals surface area contributed by atoms with E-state index in [4.69, 9.17) is 9.47 Å². The van der Waals surface area contributed by atoms with Crippen LogP contribution in [0, 0.1) is 0 Å². The molecule has 1 aliphatic carbocycles. The van der Waals surface area contributed by atoms with Crippen LogP contribution in [0.1, 0.15) is 19.3 Å². The second-order valence-corrected chi connectivity index (χ2v) is 10.1. The van der Waals surface area contributed by atoms with Gasteiger partial charge in [0.1, 0.15) is 5.75 Å². The van der Waals surface area contributed by atoms with Gasteiger partial charge in [-0.05, 0) is 67.8 Å². The van der Waals surface area contributed by atoms with E-state index in [1.807, 2.05) is 48.5 Å². The standard InChI is InChI=1S/C25H25FN2O5S/c26-16-32-17-12-14-18(15-13-17)34(30,31)27-19-6-5-9-22(25(19)29)28-20-7-1-3-10-23(20)33-24-11-4-2-8-21(24)28/h1-4,7-8,10-15,19,22,25,27,29H,5-6,9,16H2. The fourth-order valence-corrected chi connectivity index (χ4v) is 5.99. The highest BCUT2D eigenvalue weighted by Crippen LogP contribution is 2.49. The van der Waals surface area contributed by atoms with Crippen molar-refractivity contribution in [1.82, 2.24) is 4.72 Å². The average Bonchev–Trinajstić information content (AvgIpc) is 2.84. The van der Waals surface area contributed by atoms with Crippen LogP contribution in [-0.4, -0.2) is 38.6 Å². The van der Waals surface area contributed by atoms with E-state index in [0.717, 1.165) is 17.8 Å². The van der Waals surface area contributed by atoms with Crippen LogP contribution >= 0.6 is 0 Å². The van der Waals surface area contributed by atoms with Crippen LogP contribution in [0.15, 0.2) is 77.7 Å². The van der Waals surface area contributed by atoms with Gasteiger partial charge in [-0.2, -0.15) is 0 Å². The van der Waals surface area contributed by atoms with Crippen LogP contribution in [-0.2, 0) is 10.0 Å². The van der Waals surface area contributed by atoms with E-state index >= 15 is 0 Å². The highest BCUT2D eigenvalue weighted by atomic mass is 32.2. The molecule has 0 bridgehead atoms. The fourth-order valence-electron chi connectivity index (χ4n) is 4.70. The number of fused-ring (bicyclic) bond motifs is 2. The number of nitrogens with one attached hydrogen (secondary N) is 1. The van der Waals surface area contributed by atoms with Crippen molar-refractivity contribution in [3.8, 4) is 17.2 Å². The van der Waals surface area contributed by atoms with Crippen LogP contribution < -0.4 is 19.1 Å². The number of aliphatic hydroxyl groups excluding tert-OH is 1. The molecule has 2 aliphatic rings. The maximum atomic E-state index is 13.0. The summed E-state index contributed by atoms with van der Waals surface area (Å²) in [6.07, 6.45) is 0.974. The first-order valence-electron chi connectivity index (χ1n) is 11.1. The lowest BCUT2D eigenvalue weighted by molar-refractivity contribution is 0.0807. The van der Waals surface area contributed by atoms with E-state index in [-0.39, 0.29) is 16.7 Å². The van der Waals surface area contributed by atoms with Gasteiger partial charge in [0.25, 0.3) is 0 Å². The Morgan fingerprint density at radius 1 is 0.971 bits per heavy atom. The van der Waals surface area contributed by atoms with Gasteiger partial charge >= 0.3 is 0 Å². The molecule has 1 heterocycles. The molecule has 9 heteroatoms. The molecular formula is C25H25FN2O5S. The van der Waals surface area contributed by atoms with Gasteiger partial charge in [-0.25, -0.2) is 17.5 Å². The summed E-state index contributed by atoms with van der Waals surface area (Å²) in [6.45, 7) is -0.992. The van der Waals surface area contributed by atoms with E-state index in [1.54, 1.807) is 0 Å². The molecule has 1 saturated carbocycles. The number of benzene rings is 3. The van der Waals surface area contributed by atoms with Gasteiger partial charge < -0.3 is 19.5 Å². The molecule has 0 radical (unpaired) electrons. The highest BCUT2D eigenvalue weighted by Gasteiger charge is 2.41. The number of nitrogens with zero attached hydrogens (tertiary/aromatic N) is 1. The topological polar surface area (TPSA) is 88.1 Å². The van der Waals surface area contributed by atoms with Crippen molar-refractivity contribution in [3.63, 3.8) is 0 Å². The van der Waals surface area contributed by atoms with Crippen molar-refractivity contribution in [2.24, 2.45) is 0 Å². The third-order valence-electron chi connectivity index (χ3n) is 6.28. The molecule has 3 aromatic rings. The first-order valence-corrected chi connectivity index (χ1v) is 12.6. The number of halogens is 1. The molecule has 3 atom stereocenters. The smallest absolute Gasteiger partial charge is 0.240 e. The molecule has 0 saturated heterocycles. The van der Waals surface area contributed by atoms with Crippen molar-refractivity contribution in [2.75, 3.05) is 11.8 Å². The first-order chi connectivity index (χ1) is 16.5. The molecule has 2 N–H and O–H groups in total. The second-order valence-electron chi connectivity index (χ2n) is 8.35. The maximum absolute atomic E-state index is 13.0. The number of hydrogen-bond acceptors (Lipinski definition) is 6. The first kappa shape index (κ1) is 22.6. The Morgan fingerprint density at radius 2 is 1.59 bits per heavy atom. The van der Waals surface area contributed by atoms with Gasteiger partial charge in [-0.15, -0.1) is 0 Å². The lowest BCUT2D eigenvalue weighted by atomic mass is 9.86. The summed E-state index contributed by atoms with van der Waals surface area (Å²) in [7, 11) is -3.90. The van der Waals surface area contributed by atoms with E-state index in [0.29, 0.717) is 24.3 Å². The van der Waals surface area contributed by atoms with Crippen LogP contribution in [0.3, 0.4) is 0 Å². The fraction of sp³-hybridized carbons (Fsp3) is 0.280. The Balaban J connectivity index is 1.42. The summed E-state index contributed by atoms with van der Waals surface area (Å²) < 4.78 is 51.9. The van der Waals surface area contributed by atoms with Crippen LogP contribution in [0.4, 0.5) is 15.8 Å². The summed E-state index contributed by atoms with van der Waals surface area (Å²) in [5.41, 5.74) is 1.66. The quantitative estimate of drug-likeness (QED) is 0.536. The van der Waals surface area contributed by atoms with Gasteiger partial charge in [-0.1, -0.05) is 24.3 Å². The Kier molecular flexibility index (Phi) is 6.16. The Hall–Kier alpha value is -3.14. The summed E-state index contributed by atoms with van der Waals surface area (Å²) in [5, 5.41) is 11.4. The van der Waals surface area contributed by atoms with E-state index in [9.17, 15) is 17.9 Å². The number of hydrogen-bond donors (Lipinski definition) is 2. The van der Waals surface area contributed by atoms with Crippen molar-refractivity contribution < 1.29 is 27.4 Å². The van der Waals surface area contributed by atoms with Crippen LogP contribution in [0.5, 0.6) is 17.2 Å². The molecule has 3 unspecified atom stereocenters. The summed E-state index contributed by atoms with van der Waals surface area (Å²) in [5.74, 6) is 1.61. The predicted molar refractivity (Wildman–Crippen MR) is 126 cm³/mol. The zero-order valence-electron chi connectivity index (χ0n) is 18.3. The number of ether oxygens (including phenoxy) is 2. The van der Waals surface area contributed by atoms with Gasteiger partial charge in [0.15, 0.2) is 11.5 Å². The molecule has 0 amide bonds. The second kappa shape index (κ2) is 9.25. The minimum Gasteiger partial charge on any atom is -0.463 e. The molecule has 0 aromatic heterocycles. The molecule has 3 aromatic carbocycles. The zero-order chi connectivity index (χ0) is 23.7. The number of aliphatic hydroxyl groups is 1. The summed E-state index contributed by atoms with van der Waals surface area (Å²) in [4.78, 5) is 2.08. The van der Waals surface area contributed by atoms with Crippen molar-refractivity contribution in [3.05, 3.63) is 72.8 Å². The van der Waals surface area contributed by atoms with Gasteiger partial charge in [0.2, 0.25) is 16.9 Å². The van der Waals surface area contributed by atoms with Crippen LogP contribution in [0.2, 0.25) is 0 Å². The van der Waals surface area contributed by atoms with E-state index < -0.39 is 29.0 Å². The van der Waals surface area contributed by atoms with Gasteiger partial charge in [0, 0.05) is 0 Å². The molecule has 178 valence electrons. The predicted octanol–water partition coefficient (Wildman–Crippen LogP) is 4.50. The van der Waals surface area contributed by atoms with E-state index in [1.165, 1.54) is 24.3 Å². The summed E-state index contributed by atoms with van der Waals surface area (Å²) >= 11 is 0. The molecule has 34 heavy (non-hydrogen) atoms. The third kappa shape index (κ3) is 4.22.